The van der Waals surface area contributed by atoms with Crippen molar-refractivity contribution in [3.05, 3.63) is 71.1 Å². The van der Waals surface area contributed by atoms with Gasteiger partial charge in [0.2, 0.25) is 11.8 Å². The maximum absolute atomic E-state index is 9.27. The van der Waals surface area contributed by atoms with Gasteiger partial charge in [-0.05, 0) is 36.2 Å². The zero-order valence-corrected chi connectivity index (χ0v) is 13.8. The van der Waals surface area contributed by atoms with Crippen LogP contribution in [-0.2, 0) is 6.54 Å². The predicted molar refractivity (Wildman–Crippen MR) is 92.5 cm³/mol. The van der Waals surface area contributed by atoms with Crippen LogP contribution in [-0.4, -0.2) is 21.9 Å². The van der Waals surface area contributed by atoms with Crippen LogP contribution in [0.4, 0.5) is 0 Å². The van der Waals surface area contributed by atoms with Crippen LogP contribution in [0.15, 0.2) is 59.0 Å². The molecule has 0 bridgehead atoms. The number of aromatic nitrogens is 2. The molecule has 0 amide bonds. The van der Waals surface area contributed by atoms with Crippen LogP contribution in [0.3, 0.4) is 0 Å². The molecule has 1 heterocycles. The molecule has 0 fully saturated rings. The first kappa shape index (κ1) is 16.6. The summed E-state index contributed by atoms with van der Waals surface area (Å²) in [7, 11) is 0. The summed E-state index contributed by atoms with van der Waals surface area (Å²) < 4.78 is 5.68. The summed E-state index contributed by atoms with van der Waals surface area (Å²) in [5, 5.41) is 21.4. The van der Waals surface area contributed by atoms with Crippen molar-refractivity contribution < 1.29 is 9.52 Å². The lowest BCUT2D eigenvalue weighted by Crippen LogP contribution is -2.22. The summed E-state index contributed by atoms with van der Waals surface area (Å²) >= 11 is 5.88. The van der Waals surface area contributed by atoms with Crippen molar-refractivity contribution in [2.45, 2.75) is 19.0 Å². The molecular formula is C18H18ClN3O2. The molecule has 3 aromatic rings. The molecule has 0 radical (unpaired) electrons. The number of hydrogen-bond donors (Lipinski definition) is 2. The molecule has 0 aliphatic carbocycles. The van der Waals surface area contributed by atoms with Crippen LogP contribution >= 0.6 is 11.6 Å². The van der Waals surface area contributed by atoms with Crippen LogP contribution in [0.2, 0.25) is 5.02 Å². The lowest BCUT2D eigenvalue weighted by atomic mass is 10.0. The van der Waals surface area contributed by atoms with Gasteiger partial charge in [-0.15, -0.1) is 10.2 Å². The number of aliphatic hydroxyl groups is 1. The van der Waals surface area contributed by atoms with Crippen LogP contribution < -0.4 is 5.32 Å². The second kappa shape index (κ2) is 8.06. The number of benzene rings is 2. The van der Waals surface area contributed by atoms with Crippen molar-refractivity contribution in [3.8, 4) is 11.5 Å². The van der Waals surface area contributed by atoms with Crippen LogP contribution in [0, 0.1) is 0 Å². The monoisotopic (exact) mass is 343 g/mol. The van der Waals surface area contributed by atoms with E-state index in [0.717, 1.165) is 11.1 Å². The van der Waals surface area contributed by atoms with Gasteiger partial charge in [-0.3, -0.25) is 0 Å². The lowest BCUT2D eigenvalue weighted by molar-refractivity contribution is 0.263. The number of hydrogen-bond acceptors (Lipinski definition) is 5. The summed E-state index contributed by atoms with van der Waals surface area (Å²) in [5.74, 6) is 0.959. The van der Waals surface area contributed by atoms with Gasteiger partial charge in [0.15, 0.2) is 0 Å². The Bertz CT molecular complexity index is 759. The van der Waals surface area contributed by atoms with Gasteiger partial charge in [-0.2, -0.15) is 0 Å². The number of nitrogens with zero attached hydrogens (tertiary/aromatic N) is 2. The van der Waals surface area contributed by atoms with E-state index in [1.807, 2.05) is 42.5 Å². The Kier molecular flexibility index (Phi) is 5.59. The van der Waals surface area contributed by atoms with E-state index in [-0.39, 0.29) is 12.6 Å². The van der Waals surface area contributed by atoms with Gasteiger partial charge in [0.05, 0.1) is 6.54 Å². The molecule has 1 atom stereocenters. The average molecular weight is 344 g/mol. The van der Waals surface area contributed by atoms with Gasteiger partial charge >= 0.3 is 0 Å². The number of aliphatic hydroxyl groups excluding tert-OH is 1. The highest BCUT2D eigenvalue weighted by Gasteiger charge is 2.13. The van der Waals surface area contributed by atoms with Gasteiger partial charge in [0, 0.05) is 23.2 Å². The summed E-state index contributed by atoms with van der Waals surface area (Å²) in [4.78, 5) is 0. The molecule has 1 aromatic heterocycles. The van der Waals surface area contributed by atoms with Crippen molar-refractivity contribution in [2.24, 2.45) is 0 Å². The van der Waals surface area contributed by atoms with Gasteiger partial charge in [-0.25, -0.2) is 0 Å². The highest BCUT2D eigenvalue weighted by atomic mass is 35.5. The van der Waals surface area contributed by atoms with Crippen LogP contribution in [0.5, 0.6) is 0 Å². The first-order valence-electron chi connectivity index (χ1n) is 7.74. The fourth-order valence-corrected chi connectivity index (χ4v) is 2.57. The quantitative estimate of drug-likeness (QED) is 0.685. The minimum atomic E-state index is 0.0297. The maximum Gasteiger partial charge on any atom is 0.247 e. The Morgan fingerprint density at radius 1 is 1.04 bits per heavy atom. The summed E-state index contributed by atoms with van der Waals surface area (Å²) in [5.41, 5.74) is 1.94. The number of nitrogens with one attached hydrogen (secondary N) is 1. The maximum atomic E-state index is 9.27. The Morgan fingerprint density at radius 3 is 2.50 bits per heavy atom. The molecule has 124 valence electrons. The van der Waals surface area contributed by atoms with Crippen molar-refractivity contribution in [3.63, 3.8) is 0 Å². The van der Waals surface area contributed by atoms with Gasteiger partial charge in [-0.1, -0.05) is 41.9 Å². The largest absolute Gasteiger partial charge is 0.419 e. The van der Waals surface area contributed by atoms with E-state index in [1.54, 1.807) is 12.1 Å². The minimum absolute atomic E-state index is 0.0297. The van der Waals surface area contributed by atoms with Gasteiger partial charge in [0.1, 0.15) is 0 Å². The molecule has 1 unspecified atom stereocenters. The second-order valence-electron chi connectivity index (χ2n) is 5.36. The van der Waals surface area contributed by atoms with Gasteiger partial charge in [0.25, 0.3) is 0 Å². The number of rotatable bonds is 7. The molecule has 2 N–H and O–H groups in total. The van der Waals surface area contributed by atoms with Crippen molar-refractivity contribution in [2.75, 3.05) is 6.61 Å². The molecule has 24 heavy (non-hydrogen) atoms. The van der Waals surface area contributed by atoms with Crippen LogP contribution in [0.1, 0.15) is 23.9 Å². The third-order valence-corrected chi connectivity index (χ3v) is 3.93. The summed E-state index contributed by atoms with van der Waals surface area (Å²) in [6, 6.07) is 17.3. The van der Waals surface area contributed by atoms with Gasteiger partial charge < -0.3 is 14.8 Å². The fourth-order valence-electron chi connectivity index (χ4n) is 2.45. The standard InChI is InChI=1S/C18H18ClN3O2/c19-15-8-6-14(7-9-15)18-22-21-17(24-18)12-20-16(10-11-23)13-4-2-1-3-5-13/h1-9,16,20,23H,10-12H2. The average Bonchev–Trinajstić information content (AvgIpc) is 3.09. The molecule has 0 aliphatic rings. The normalized spacial score (nSPS) is 12.2. The molecule has 2 aromatic carbocycles. The molecule has 0 spiro atoms. The van der Waals surface area contributed by atoms with Crippen molar-refractivity contribution in [1.29, 1.82) is 0 Å². The molecule has 6 heteroatoms. The highest BCUT2D eigenvalue weighted by Crippen LogP contribution is 2.21. The van der Waals surface area contributed by atoms with E-state index in [0.29, 0.717) is 29.8 Å². The summed E-state index contributed by atoms with van der Waals surface area (Å²) in [6.07, 6.45) is 0.613. The van der Waals surface area contributed by atoms with Crippen molar-refractivity contribution >= 4 is 11.6 Å². The fraction of sp³-hybridized carbons (Fsp3) is 0.222. The second-order valence-corrected chi connectivity index (χ2v) is 5.80. The number of halogens is 1. The summed E-state index contributed by atoms with van der Waals surface area (Å²) in [6.45, 7) is 0.534. The van der Waals surface area contributed by atoms with Crippen molar-refractivity contribution in [1.82, 2.24) is 15.5 Å². The van der Waals surface area contributed by atoms with E-state index in [2.05, 4.69) is 15.5 Å². The first-order chi connectivity index (χ1) is 11.8. The van der Waals surface area contributed by atoms with E-state index < -0.39 is 0 Å². The molecular weight excluding hydrogens is 326 g/mol. The zero-order valence-electron chi connectivity index (χ0n) is 13.0. The minimum Gasteiger partial charge on any atom is -0.419 e. The SMILES string of the molecule is OCCC(NCc1nnc(-c2ccc(Cl)cc2)o1)c1ccccc1. The van der Waals surface area contributed by atoms with E-state index in [4.69, 9.17) is 16.0 Å². The Labute approximate surface area is 145 Å². The predicted octanol–water partition coefficient (Wildman–Crippen LogP) is 3.60. The van der Waals surface area contributed by atoms with E-state index >= 15 is 0 Å². The zero-order chi connectivity index (χ0) is 16.8. The first-order valence-corrected chi connectivity index (χ1v) is 8.11. The lowest BCUT2D eigenvalue weighted by Gasteiger charge is -2.17. The smallest absolute Gasteiger partial charge is 0.247 e. The third-order valence-electron chi connectivity index (χ3n) is 3.68. The molecule has 5 nitrogen and oxygen atoms in total. The third kappa shape index (κ3) is 4.20. The molecule has 0 saturated heterocycles. The molecule has 0 saturated carbocycles. The molecule has 3 rings (SSSR count). The van der Waals surface area contributed by atoms with E-state index in [1.165, 1.54) is 0 Å². The molecule has 0 aliphatic heterocycles. The van der Waals surface area contributed by atoms with Crippen LogP contribution in [0.25, 0.3) is 11.5 Å². The Morgan fingerprint density at radius 2 is 1.79 bits per heavy atom. The Hall–Kier alpha value is -2.21. The highest BCUT2D eigenvalue weighted by molar-refractivity contribution is 6.30. The Balaban J connectivity index is 1.66. The van der Waals surface area contributed by atoms with E-state index in [9.17, 15) is 5.11 Å². The topological polar surface area (TPSA) is 71.2 Å².